The number of benzene rings is 1. The molecule has 1 aromatic carbocycles. The molecule has 4 nitrogen and oxygen atoms in total. The number of rotatable bonds is 10. The first-order valence-corrected chi connectivity index (χ1v) is 8.83. The maximum atomic E-state index is 10.9. The molecule has 0 fully saturated rings. The second kappa shape index (κ2) is 11.4. The molecule has 0 aliphatic heterocycles. The number of amides is 1. The van der Waals surface area contributed by atoms with Gasteiger partial charge in [-0.3, -0.25) is 4.79 Å². The number of methoxy groups -OCH3 is 2. The van der Waals surface area contributed by atoms with Crippen LogP contribution in [-0.2, 0) is 14.3 Å². The summed E-state index contributed by atoms with van der Waals surface area (Å²) in [6, 6.07) is 10.1. The molecule has 0 saturated heterocycles. The zero-order valence-electron chi connectivity index (χ0n) is 16.4. The zero-order chi connectivity index (χ0) is 19.5. The summed E-state index contributed by atoms with van der Waals surface area (Å²) in [6.45, 7) is 6.06. The molecule has 4 heteroatoms. The maximum Gasteiger partial charge on any atom is 0.241 e. The van der Waals surface area contributed by atoms with Crippen LogP contribution in [0.1, 0.15) is 26.3 Å². The van der Waals surface area contributed by atoms with Gasteiger partial charge in [-0.15, -0.1) is 0 Å². The Hall–Kier alpha value is -2.17. The van der Waals surface area contributed by atoms with Crippen LogP contribution in [0.15, 0.2) is 60.2 Å². The lowest BCUT2D eigenvalue weighted by Gasteiger charge is -2.30. The lowest BCUT2D eigenvalue weighted by atomic mass is 9.88. The number of nitrogens with two attached hydrogens (primary N) is 1. The molecule has 0 spiro atoms. The van der Waals surface area contributed by atoms with Crippen LogP contribution in [0, 0.1) is 11.8 Å². The number of carbonyl (C=O) groups is 1. The lowest BCUT2D eigenvalue weighted by molar-refractivity contribution is -0.113. The summed E-state index contributed by atoms with van der Waals surface area (Å²) in [7, 11) is 3.43. The number of allylic oxidation sites excluding steroid dienone is 2. The van der Waals surface area contributed by atoms with E-state index >= 15 is 0 Å². The Morgan fingerprint density at radius 2 is 1.73 bits per heavy atom. The SMILES string of the molecule is COC(/C=C/c1ccccc1)[C@@H](C)C(OC)[C@@H](C)/C=C/C(C)=C/C(N)=O. The number of hydrogen-bond donors (Lipinski definition) is 1. The molecule has 0 aromatic heterocycles. The topological polar surface area (TPSA) is 61.6 Å². The van der Waals surface area contributed by atoms with E-state index in [0.29, 0.717) is 0 Å². The molecule has 0 heterocycles. The van der Waals surface area contributed by atoms with Gasteiger partial charge in [0, 0.05) is 32.1 Å². The number of ether oxygens (including phenoxy) is 2. The van der Waals surface area contributed by atoms with Crippen LogP contribution in [0.5, 0.6) is 0 Å². The van der Waals surface area contributed by atoms with E-state index in [9.17, 15) is 4.79 Å². The second-order valence-corrected chi connectivity index (χ2v) is 6.54. The van der Waals surface area contributed by atoms with Crippen molar-refractivity contribution in [1.82, 2.24) is 0 Å². The highest BCUT2D eigenvalue weighted by Gasteiger charge is 2.27. The number of primary amides is 1. The van der Waals surface area contributed by atoms with Gasteiger partial charge >= 0.3 is 0 Å². The predicted molar refractivity (Wildman–Crippen MR) is 107 cm³/mol. The molecule has 26 heavy (non-hydrogen) atoms. The standard InChI is InChI=1S/C22H31NO3/c1-16(15-21(23)24)11-12-17(2)22(26-5)18(3)20(25-4)14-13-19-9-7-6-8-10-19/h6-15,17-18,20,22H,1-5H3,(H2,23,24)/b12-11+,14-13+,16-15+/t17-,18+,20?,22?/m0/s1. The van der Waals surface area contributed by atoms with Crippen molar-refractivity contribution in [1.29, 1.82) is 0 Å². The van der Waals surface area contributed by atoms with E-state index < -0.39 is 5.91 Å². The van der Waals surface area contributed by atoms with Crippen molar-refractivity contribution in [2.75, 3.05) is 14.2 Å². The molecule has 0 aliphatic carbocycles. The molecule has 1 aromatic rings. The highest BCUT2D eigenvalue weighted by molar-refractivity contribution is 5.86. The molecular formula is C22H31NO3. The van der Waals surface area contributed by atoms with Crippen molar-refractivity contribution in [2.24, 2.45) is 17.6 Å². The van der Waals surface area contributed by atoms with Crippen molar-refractivity contribution in [3.05, 3.63) is 65.8 Å². The fraction of sp³-hybridized carbons (Fsp3) is 0.409. The highest BCUT2D eigenvalue weighted by atomic mass is 16.5. The predicted octanol–water partition coefficient (Wildman–Crippen LogP) is 3.99. The molecule has 0 radical (unpaired) electrons. The van der Waals surface area contributed by atoms with Crippen molar-refractivity contribution in [3.8, 4) is 0 Å². The third kappa shape index (κ3) is 7.38. The third-order valence-corrected chi connectivity index (χ3v) is 4.41. The van der Waals surface area contributed by atoms with Crippen LogP contribution in [0.3, 0.4) is 0 Å². The van der Waals surface area contributed by atoms with Crippen molar-refractivity contribution in [2.45, 2.75) is 33.0 Å². The fourth-order valence-corrected chi connectivity index (χ4v) is 3.02. The largest absolute Gasteiger partial charge is 0.380 e. The first-order chi connectivity index (χ1) is 12.4. The summed E-state index contributed by atoms with van der Waals surface area (Å²) in [5.74, 6) is -0.152. The normalized spacial score (nSPS) is 17.3. The van der Waals surface area contributed by atoms with Crippen molar-refractivity contribution >= 4 is 12.0 Å². The summed E-state index contributed by atoms with van der Waals surface area (Å²) in [6.07, 6.45) is 9.38. The third-order valence-electron chi connectivity index (χ3n) is 4.41. The minimum atomic E-state index is -0.443. The van der Waals surface area contributed by atoms with Crippen LogP contribution in [0.4, 0.5) is 0 Å². The van der Waals surface area contributed by atoms with E-state index in [1.165, 1.54) is 6.08 Å². The van der Waals surface area contributed by atoms with Gasteiger partial charge in [0.05, 0.1) is 12.2 Å². The fourth-order valence-electron chi connectivity index (χ4n) is 3.02. The smallest absolute Gasteiger partial charge is 0.241 e. The molecule has 0 bridgehead atoms. The van der Waals surface area contributed by atoms with Crippen LogP contribution >= 0.6 is 0 Å². The van der Waals surface area contributed by atoms with Gasteiger partial charge in [0.1, 0.15) is 0 Å². The van der Waals surface area contributed by atoms with Gasteiger partial charge in [-0.1, -0.05) is 68.5 Å². The van der Waals surface area contributed by atoms with Gasteiger partial charge in [0.2, 0.25) is 5.91 Å². The number of hydrogen-bond acceptors (Lipinski definition) is 3. The molecular weight excluding hydrogens is 326 g/mol. The van der Waals surface area contributed by atoms with Crippen LogP contribution < -0.4 is 5.73 Å². The maximum absolute atomic E-state index is 10.9. The monoisotopic (exact) mass is 357 g/mol. The van der Waals surface area contributed by atoms with Gasteiger partial charge in [0.15, 0.2) is 0 Å². The van der Waals surface area contributed by atoms with Crippen LogP contribution in [-0.4, -0.2) is 32.3 Å². The van der Waals surface area contributed by atoms with Crippen LogP contribution in [0.25, 0.3) is 6.08 Å². The molecule has 0 saturated carbocycles. The average Bonchev–Trinajstić information content (AvgIpc) is 2.61. The van der Waals surface area contributed by atoms with Gasteiger partial charge < -0.3 is 15.2 Å². The van der Waals surface area contributed by atoms with Crippen molar-refractivity contribution < 1.29 is 14.3 Å². The van der Waals surface area contributed by atoms with E-state index in [0.717, 1.165) is 11.1 Å². The molecule has 1 amide bonds. The Bertz CT molecular complexity index is 634. The first-order valence-electron chi connectivity index (χ1n) is 8.83. The summed E-state index contributed by atoms with van der Waals surface area (Å²) in [4.78, 5) is 10.9. The lowest BCUT2D eigenvalue weighted by Crippen LogP contribution is -2.35. The molecule has 0 aliphatic rings. The van der Waals surface area contributed by atoms with E-state index in [1.807, 2.05) is 37.3 Å². The minimum absolute atomic E-state index is 0.0296. The first kappa shape index (κ1) is 21.9. The second-order valence-electron chi connectivity index (χ2n) is 6.54. The average molecular weight is 357 g/mol. The van der Waals surface area contributed by atoms with E-state index in [1.54, 1.807) is 14.2 Å². The Morgan fingerprint density at radius 1 is 1.08 bits per heavy atom. The summed E-state index contributed by atoms with van der Waals surface area (Å²) >= 11 is 0. The Kier molecular flexibility index (Phi) is 9.63. The molecule has 4 atom stereocenters. The van der Waals surface area contributed by atoms with Crippen molar-refractivity contribution in [3.63, 3.8) is 0 Å². The van der Waals surface area contributed by atoms with Gasteiger partial charge in [0.25, 0.3) is 0 Å². The van der Waals surface area contributed by atoms with Gasteiger partial charge in [-0.05, 0) is 18.1 Å². The number of carbonyl (C=O) groups excluding carboxylic acids is 1. The van der Waals surface area contributed by atoms with Crippen LogP contribution in [0.2, 0.25) is 0 Å². The molecule has 1 rings (SSSR count). The molecule has 2 N–H and O–H groups in total. The zero-order valence-corrected chi connectivity index (χ0v) is 16.4. The Labute approximate surface area is 157 Å². The molecule has 2 unspecified atom stereocenters. The summed E-state index contributed by atoms with van der Waals surface area (Å²) in [5.41, 5.74) is 7.13. The van der Waals surface area contributed by atoms with E-state index in [4.69, 9.17) is 15.2 Å². The highest BCUT2D eigenvalue weighted by Crippen LogP contribution is 2.24. The summed E-state index contributed by atoms with van der Waals surface area (Å²) in [5, 5.41) is 0. The summed E-state index contributed by atoms with van der Waals surface area (Å²) < 4.78 is 11.4. The molecule has 142 valence electrons. The van der Waals surface area contributed by atoms with E-state index in [2.05, 4.69) is 38.1 Å². The van der Waals surface area contributed by atoms with E-state index in [-0.39, 0.29) is 24.0 Å². The van der Waals surface area contributed by atoms with Gasteiger partial charge in [-0.25, -0.2) is 0 Å². The Morgan fingerprint density at radius 3 is 2.27 bits per heavy atom. The van der Waals surface area contributed by atoms with Gasteiger partial charge in [-0.2, -0.15) is 0 Å². The Balaban J connectivity index is 2.83. The quantitative estimate of drug-likeness (QED) is 0.509. The minimum Gasteiger partial charge on any atom is -0.380 e.